The third-order valence-electron chi connectivity index (χ3n) is 3.68. The van der Waals surface area contributed by atoms with Crippen LogP contribution in [0.5, 0.6) is 0 Å². The summed E-state index contributed by atoms with van der Waals surface area (Å²) in [6, 6.07) is 8.42. The van der Waals surface area contributed by atoms with E-state index >= 15 is 0 Å². The summed E-state index contributed by atoms with van der Waals surface area (Å²) >= 11 is 0. The smallest absolute Gasteiger partial charge is 0.251 e. The number of amides is 2. The molecule has 26 heavy (non-hydrogen) atoms. The number of nitrogens with one attached hydrogen (secondary N) is 3. The zero-order valence-corrected chi connectivity index (χ0v) is 15.3. The topological polar surface area (TPSA) is 104 Å². The quantitative estimate of drug-likeness (QED) is 0.707. The Hall–Kier alpha value is -2.96. The Morgan fingerprint density at radius 3 is 2.65 bits per heavy atom. The van der Waals surface area contributed by atoms with E-state index < -0.39 is 0 Å². The molecule has 7 heteroatoms. The minimum absolute atomic E-state index is 0.0827. The zero-order chi connectivity index (χ0) is 19.1. The SMILES string of the molecule is Cc1cc(=O)[nH]c(-c2cccc(NC(=O)CNC(=O)CCC(C)C)c2)n1. The maximum Gasteiger partial charge on any atom is 0.251 e. The van der Waals surface area contributed by atoms with E-state index in [0.717, 1.165) is 6.42 Å². The van der Waals surface area contributed by atoms with Gasteiger partial charge in [-0.05, 0) is 31.4 Å². The first-order chi connectivity index (χ1) is 12.3. The number of anilines is 1. The molecule has 0 bridgehead atoms. The average Bonchev–Trinajstić information content (AvgIpc) is 2.57. The second-order valence-electron chi connectivity index (χ2n) is 6.57. The van der Waals surface area contributed by atoms with Crippen LogP contribution in [-0.2, 0) is 9.59 Å². The number of H-pyrrole nitrogens is 1. The second kappa shape index (κ2) is 8.94. The van der Waals surface area contributed by atoms with Gasteiger partial charge in [0.2, 0.25) is 11.8 Å². The van der Waals surface area contributed by atoms with E-state index in [-0.39, 0.29) is 23.9 Å². The lowest BCUT2D eigenvalue weighted by Gasteiger charge is -2.09. The summed E-state index contributed by atoms with van der Waals surface area (Å²) < 4.78 is 0. The van der Waals surface area contributed by atoms with Crippen molar-refractivity contribution >= 4 is 17.5 Å². The molecule has 0 spiro atoms. The minimum atomic E-state index is -0.314. The normalized spacial score (nSPS) is 10.6. The van der Waals surface area contributed by atoms with Gasteiger partial charge in [0.1, 0.15) is 5.82 Å². The molecule has 0 aliphatic carbocycles. The molecule has 0 unspecified atom stereocenters. The van der Waals surface area contributed by atoms with Gasteiger partial charge in [-0.15, -0.1) is 0 Å². The van der Waals surface area contributed by atoms with Crippen molar-refractivity contribution in [2.24, 2.45) is 5.92 Å². The van der Waals surface area contributed by atoms with Gasteiger partial charge in [0.25, 0.3) is 5.56 Å². The molecule has 0 fully saturated rings. The van der Waals surface area contributed by atoms with E-state index in [1.54, 1.807) is 31.2 Å². The van der Waals surface area contributed by atoms with Gasteiger partial charge in [0.05, 0.1) is 6.54 Å². The summed E-state index contributed by atoms with van der Waals surface area (Å²) in [7, 11) is 0. The molecule has 0 saturated carbocycles. The maximum absolute atomic E-state index is 12.0. The number of aryl methyl sites for hydroxylation is 1. The van der Waals surface area contributed by atoms with E-state index in [9.17, 15) is 14.4 Å². The minimum Gasteiger partial charge on any atom is -0.347 e. The summed E-state index contributed by atoms with van der Waals surface area (Å²) in [6.07, 6.45) is 1.20. The maximum atomic E-state index is 12.0. The second-order valence-corrected chi connectivity index (χ2v) is 6.57. The van der Waals surface area contributed by atoms with Crippen LogP contribution < -0.4 is 16.2 Å². The van der Waals surface area contributed by atoms with Crippen molar-refractivity contribution in [1.82, 2.24) is 15.3 Å². The molecule has 3 N–H and O–H groups in total. The molecular weight excluding hydrogens is 332 g/mol. The van der Waals surface area contributed by atoms with E-state index in [0.29, 0.717) is 35.1 Å². The van der Waals surface area contributed by atoms with Gasteiger partial charge in [-0.25, -0.2) is 4.98 Å². The number of nitrogens with zero attached hydrogens (tertiary/aromatic N) is 1. The van der Waals surface area contributed by atoms with Crippen LogP contribution in [0.15, 0.2) is 35.1 Å². The van der Waals surface area contributed by atoms with E-state index in [2.05, 4.69) is 20.6 Å². The standard InChI is InChI=1S/C19H24N4O3/c1-12(2)7-8-16(24)20-11-18(26)22-15-6-4-5-14(10-15)19-21-13(3)9-17(25)23-19/h4-6,9-10,12H,7-8,11H2,1-3H3,(H,20,24)(H,22,26)(H,21,23,25). The molecule has 2 aromatic rings. The number of hydrogen-bond acceptors (Lipinski definition) is 4. The largest absolute Gasteiger partial charge is 0.347 e. The Bertz CT molecular complexity index is 843. The number of carbonyl (C=O) groups is 2. The Kier molecular flexibility index (Phi) is 6.66. The first-order valence-corrected chi connectivity index (χ1v) is 8.58. The fourth-order valence-corrected chi connectivity index (χ4v) is 2.35. The van der Waals surface area contributed by atoms with Crippen molar-refractivity contribution < 1.29 is 9.59 Å². The molecule has 1 aromatic heterocycles. The zero-order valence-electron chi connectivity index (χ0n) is 15.3. The van der Waals surface area contributed by atoms with Gasteiger partial charge in [0, 0.05) is 29.4 Å². The molecule has 0 aliphatic heterocycles. The first kappa shape index (κ1) is 19.4. The van der Waals surface area contributed by atoms with Crippen LogP contribution >= 0.6 is 0 Å². The molecular formula is C19H24N4O3. The average molecular weight is 356 g/mol. The van der Waals surface area contributed by atoms with Crippen molar-refractivity contribution in [3.63, 3.8) is 0 Å². The van der Waals surface area contributed by atoms with Gasteiger partial charge in [-0.3, -0.25) is 14.4 Å². The van der Waals surface area contributed by atoms with Crippen LogP contribution in [0.3, 0.4) is 0 Å². The van der Waals surface area contributed by atoms with Crippen molar-refractivity contribution in [1.29, 1.82) is 0 Å². The van der Waals surface area contributed by atoms with Crippen molar-refractivity contribution in [2.75, 3.05) is 11.9 Å². The molecule has 0 aliphatic rings. The Morgan fingerprint density at radius 1 is 1.19 bits per heavy atom. The number of hydrogen-bond donors (Lipinski definition) is 3. The van der Waals surface area contributed by atoms with Gasteiger partial charge in [-0.1, -0.05) is 26.0 Å². The highest BCUT2D eigenvalue weighted by Crippen LogP contribution is 2.18. The first-order valence-electron chi connectivity index (χ1n) is 8.58. The highest BCUT2D eigenvalue weighted by molar-refractivity contribution is 5.94. The molecule has 138 valence electrons. The lowest BCUT2D eigenvalue weighted by molar-refractivity contribution is -0.124. The number of aromatic nitrogens is 2. The predicted octanol–water partition coefficient (Wildman–Crippen LogP) is 2.24. The summed E-state index contributed by atoms with van der Waals surface area (Å²) in [5.74, 6) is 0.432. The Labute approximate surface area is 152 Å². The summed E-state index contributed by atoms with van der Waals surface area (Å²) in [5.41, 5.74) is 1.63. The fourth-order valence-electron chi connectivity index (χ4n) is 2.35. The van der Waals surface area contributed by atoms with Crippen molar-refractivity contribution in [2.45, 2.75) is 33.6 Å². The molecule has 0 radical (unpaired) electrons. The molecule has 2 rings (SSSR count). The van der Waals surface area contributed by atoms with Gasteiger partial charge in [0.15, 0.2) is 0 Å². The Morgan fingerprint density at radius 2 is 1.96 bits per heavy atom. The third-order valence-corrected chi connectivity index (χ3v) is 3.68. The van der Waals surface area contributed by atoms with Crippen LogP contribution in [0.25, 0.3) is 11.4 Å². The van der Waals surface area contributed by atoms with E-state index in [4.69, 9.17) is 0 Å². The Balaban J connectivity index is 1.96. The molecule has 0 saturated heterocycles. The van der Waals surface area contributed by atoms with Crippen molar-refractivity contribution in [3.05, 3.63) is 46.4 Å². The predicted molar refractivity (Wildman–Crippen MR) is 101 cm³/mol. The van der Waals surface area contributed by atoms with E-state index in [1.165, 1.54) is 6.07 Å². The third kappa shape index (κ3) is 6.16. The van der Waals surface area contributed by atoms with E-state index in [1.807, 2.05) is 13.8 Å². The number of benzene rings is 1. The summed E-state index contributed by atoms with van der Waals surface area (Å²) in [4.78, 5) is 42.2. The van der Waals surface area contributed by atoms with Gasteiger partial charge >= 0.3 is 0 Å². The van der Waals surface area contributed by atoms with Gasteiger partial charge in [-0.2, -0.15) is 0 Å². The fraction of sp³-hybridized carbons (Fsp3) is 0.368. The van der Waals surface area contributed by atoms with Crippen molar-refractivity contribution in [3.8, 4) is 11.4 Å². The number of carbonyl (C=O) groups excluding carboxylic acids is 2. The summed E-state index contributed by atoms with van der Waals surface area (Å²) in [6.45, 7) is 5.75. The number of rotatable bonds is 7. The van der Waals surface area contributed by atoms with Gasteiger partial charge < -0.3 is 15.6 Å². The van der Waals surface area contributed by atoms with Crippen LogP contribution in [0.1, 0.15) is 32.4 Å². The monoisotopic (exact) mass is 356 g/mol. The molecule has 0 atom stereocenters. The highest BCUT2D eigenvalue weighted by Gasteiger charge is 2.08. The van der Waals surface area contributed by atoms with Crippen LogP contribution in [-0.4, -0.2) is 28.3 Å². The molecule has 7 nitrogen and oxygen atoms in total. The highest BCUT2D eigenvalue weighted by atomic mass is 16.2. The van der Waals surface area contributed by atoms with Crippen LogP contribution in [0.2, 0.25) is 0 Å². The van der Waals surface area contributed by atoms with Crippen LogP contribution in [0.4, 0.5) is 5.69 Å². The lowest BCUT2D eigenvalue weighted by Crippen LogP contribution is -2.32. The molecule has 1 heterocycles. The summed E-state index contributed by atoms with van der Waals surface area (Å²) in [5, 5.41) is 5.34. The molecule has 2 amide bonds. The van der Waals surface area contributed by atoms with Crippen LogP contribution in [0, 0.1) is 12.8 Å². The number of aromatic amines is 1. The molecule has 1 aromatic carbocycles. The lowest BCUT2D eigenvalue weighted by atomic mass is 10.1.